The zero-order chi connectivity index (χ0) is 20.8. The molecule has 0 radical (unpaired) electrons. The monoisotopic (exact) mass is 391 g/mol. The van der Waals surface area contributed by atoms with Crippen LogP contribution < -0.4 is 5.32 Å². The van der Waals surface area contributed by atoms with Crippen molar-refractivity contribution in [3.8, 4) is 11.3 Å². The standard InChI is InChI=1S/C23H25N3O3/c1-4-24-22(27)17(3)29-23(28)20-15-26(14-18-8-6-5-7-9-18)25-21(20)19-12-10-16(2)11-13-19/h5-13,15,17H,4,14H2,1-3H3,(H,24,27)/t17-/m1/s1. The summed E-state index contributed by atoms with van der Waals surface area (Å²) in [5, 5.41) is 7.29. The molecule has 0 saturated heterocycles. The van der Waals surface area contributed by atoms with Crippen LogP contribution in [-0.4, -0.2) is 34.3 Å². The van der Waals surface area contributed by atoms with Crippen molar-refractivity contribution in [1.82, 2.24) is 15.1 Å². The van der Waals surface area contributed by atoms with Crippen molar-refractivity contribution in [3.05, 3.63) is 77.5 Å². The highest BCUT2D eigenvalue weighted by molar-refractivity contribution is 5.97. The van der Waals surface area contributed by atoms with Crippen molar-refractivity contribution in [1.29, 1.82) is 0 Å². The summed E-state index contributed by atoms with van der Waals surface area (Å²) in [6.45, 7) is 6.38. The minimum absolute atomic E-state index is 0.325. The summed E-state index contributed by atoms with van der Waals surface area (Å²) in [7, 11) is 0. The normalized spacial score (nSPS) is 11.7. The molecule has 0 unspecified atom stereocenters. The van der Waals surface area contributed by atoms with Crippen LogP contribution in [-0.2, 0) is 16.1 Å². The number of rotatable bonds is 7. The van der Waals surface area contributed by atoms with E-state index in [0.29, 0.717) is 24.3 Å². The van der Waals surface area contributed by atoms with Gasteiger partial charge in [-0.3, -0.25) is 9.48 Å². The summed E-state index contributed by atoms with van der Waals surface area (Å²) in [5.74, 6) is -0.895. The number of ether oxygens (including phenoxy) is 1. The Morgan fingerprint density at radius 3 is 2.45 bits per heavy atom. The van der Waals surface area contributed by atoms with E-state index in [4.69, 9.17) is 4.74 Å². The Bertz CT molecular complexity index is 978. The number of hydrogen-bond donors (Lipinski definition) is 1. The van der Waals surface area contributed by atoms with Crippen LogP contribution in [0.15, 0.2) is 60.8 Å². The van der Waals surface area contributed by atoms with Crippen LogP contribution in [0.5, 0.6) is 0 Å². The highest BCUT2D eigenvalue weighted by Gasteiger charge is 2.24. The Labute approximate surface area is 170 Å². The molecular formula is C23H25N3O3. The van der Waals surface area contributed by atoms with Gasteiger partial charge in [-0.25, -0.2) is 4.79 Å². The Kier molecular flexibility index (Phi) is 6.44. The Morgan fingerprint density at radius 2 is 1.79 bits per heavy atom. The van der Waals surface area contributed by atoms with E-state index in [1.165, 1.54) is 0 Å². The van der Waals surface area contributed by atoms with Gasteiger partial charge in [-0.2, -0.15) is 5.10 Å². The van der Waals surface area contributed by atoms with Gasteiger partial charge >= 0.3 is 5.97 Å². The summed E-state index contributed by atoms with van der Waals surface area (Å²) in [6.07, 6.45) is 0.792. The summed E-state index contributed by atoms with van der Waals surface area (Å²) in [5.41, 5.74) is 3.88. The first kappa shape index (κ1) is 20.3. The number of aromatic nitrogens is 2. The van der Waals surface area contributed by atoms with Gasteiger partial charge < -0.3 is 10.1 Å². The van der Waals surface area contributed by atoms with Crippen LogP contribution in [0.4, 0.5) is 0 Å². The van der Waals surface area contributed by atoms with E-state index in [-0.39, 0.29) is 5.91 Å². The Morgan fingerprint density at radius 1 is 1.10 bits per heavy atom. The average molecular weight is 391 g/mol. The number of nitrogens with one attached hydrogen (secondary N) is 1. The molecule has 1 heterocycles. The van der Waals surface area contributed by atoms with E-state index in [2.05, 4.69) is 10.4 Å². The molecule has 2 aromatic carbocycles. The number of carbonyl (C=O) groups is 2. The Balaban J connectivity index is 1.91. The predicted octanol–water partition coefficient (Wildman–Crippen LogP) is 3.59. The van der Waals surface area contributed by atoms with Gasteiger partial charge in [0.25, 0.3) is 5.91 Å². The molecule has 29 heavy (non-hydrogen) atoms. The number of benzene rings is 2. The molecule has 0 bridgehead atoms. The molecule has 150 valence electrons. The molecule has 0 aliphatic heterocycles. The van der Waals surface area contributed by atoms with Gasteiger partial charge in [0.05, 0.1) is 6.54 Å². The van der Waals surface area contributed by atoms with Gasteiger partial charge in [-0.1, -0.05) is 60.2 Å². The van der Waals surface area contributed by atoms with Crippen LogP contribution in [0.1, 0.15) is 35.3 Å². The molecule has 1 N–H and O–H groups in total. The number of hydrogen-bond acceptors (Lipinski definition) is 4. The van der Waals surface area contributed by atoms with E-state index in [0.717, 1.165) is 16.7 Å². The molecule has 0 saturated carbocycles. The van der Waals surface area contributed by atoms with Gasteiger partial charge in [-0.15, -0.1) is 0 Å². The van der Waals surface area contributed by atoms with E-state index >= 15 is 0 Å². The number of likely N-dealkylation sites (N-methyl/N-ethyl adjacent to an activating group) is 1. The highest BCUT2D eigenvalue weighted by Crippen LogP contribution is 2.24. The second kappa shape index (κ2) is 9.19. The maximum absolute atomic E-state index is 12.8. The maximum Gasteiger partial charge on any atom is 0.342 e. The van der Waals surface area contributed by atoms with Crippen LogP contribution >= 0.6 is 0 Å². The molecule has 3 rings (SSSR count). The van der Waals surface area contributed by atoms with Gasteiger partial charge in [0, 0.05) is 18.3 Å². The minimum Gasteiger partial charge on any atom is -0.449 e. The highest BCUT2D eigenvalue weighted by atomic mass is 16.5. The second-order valence-electron chi connectivity index (χ2n) is 6.88. The van der Waals surface area contributed by atoms with Crippen LogP contribution in [0.3, 0.4) is 0 Å². The smallest absolute Gasteiger partial charge is 0.342 e. The lowest BCUT2D eigenvalue weighted by Crippen LogP contribution is -2.35. The topological polar surface area (TPSA) is 73.2 Å². The zero-order valence-corrected chi connectivity index (χ0v) is 16.9. The van der Waals surface area contributed by atoms with Crippen LogP contribution in [0.25, 0.3) is 11.3 Å². The number of carbonyl (C=O) groups excluding carboxylic acids is 2. The van der Waals surface area contributed by atoms with Crippen molar-refractivity contribution >= 4 is 11.9 Å². The fourth-order valence-corrected chi connectivity index (χ4v) is 2.94. The minimum atomic E-state index is -0.884. The van der Waals surface area contributed by atoms with Gasteiger partial charge in [0.1, 0.15) is 11.3 Å². The third kappa shape index (κ3) is 5.10. The fourth-order valence-electron chi connectivity index (χ4n) is 2.94. The second-order valence-corrected chi connectivity index (χ2v) is 6.88. The molecule has 0 aliphatic rings. The van der Waals surface area contributed by atoms with Crippen molar-refractivity contribution in [2.24, 2.45) is 0 Å². The summed E-state index contributed by atoms with van der Waals surface area (Å²) in [4.78, 5) is 24.8. The zero-order valence-electron chi connectivity index (χ0n) is 16.9. The third-order valence-electron chi connectivity index (χ3n) is 4.50. The number of aryl methyl sites for hydroxylation is 1. The first-order valence-corrected chi connectivity index (χ1v) is 9.65. The summed E-state index contributed by atoms with van der Waals surface area (Å²) >= 11 is 0. The quantitative estimate of drug-likeness (QED) is 0.625. The molecule has 1 atom stereocenters. The largest absolute Gasteiger partial charge is 0.449 e. The van der Waals surface area contributed by atoms with Crippen LogP contribution in [0, 0.1) is 6.92 Å². The van der Waals surface area contributed by atoms with E-state index < -0.39 is 12.1 Å². The number of amides is 1. The van der Waals surface area contributed by atoms with Gasteiger partial charge in [0.2, 0.25) is 0 Å². The summed E-state index contributed by atoms with van der Waals surface area (Å²) < 4.78 is 7.12. The van der Waals surface area contributed by atoms with E-state index in [9.17, 15) is 9.59 Å². The molecule has 0 fully saturated rings. The number of nitrogens with zero attached hydrogens (tertiary/aromatic N) is 2. The number of esters is 1. The van der Waals surface area contributed by atoms with Crippen molar-refractivity contribution in [2.75, 3.05) is 6.54 Å². The first-order valence-electron chi connectivity index (χ1n) is 9.65. The molecular weight excluding hydrogens is 366 g/mol. The van der Waals surface area contributed by atoms with E-state index in [1.807, 2.05) is 68.4 Å². The molecule has 1 aromatic heterocycles. The SMILES string of the molecule is CCNC(=O)[C@@H](C)OC(=O)c1cn(Cc2ccccc2)nc1-c1ccc(C)cc1. The lowest BCUT2D eigenvalue weighted by atomic mass is 10.1. The van der Waals surface area contributed by atoms with Crippen LogP contribution in [0.2, 0.25) is 0 Å². The van der Waals surface area contributed by atoms with Gasteiger partial charge in [-0.05, 0) is 26.3 Å². The lowest BCUT2D eigenvalue weighted by molar-refractivity contribution is -0.128. The average Bonchev–Trinajstić information content (AvgIpc) is 3.13. The van der Waals surface area contributed by atoms with Gasteiger partial charge in [0.15, 0.2) is 6.10 Å². The fraction of sp³-hybridized carbons (Fsp3) is 0.261. The predicted molar refractivity (Wildman–Crippen MR) is 112 cm³/mol. The van der Waals surface area contributed by atoms with E-state index in [1.54, 1.807) is 17.8 Å². The molecule has 3 aromatic rings. The first-order chi connectivity index (χ1) is 14.0. The van der Waals surface area contributed by atoms with Crippen molar-refractivity contribution in [2.45, 2.75) is 33.4 Å². The Hall–Kier alpha value is -3.41. The summed E-state index contributed by atoms with van der Waals surface area (Å²) in [6, 6.07) is 17.7. The lowest BCUT2D eigenvalue weighted by Gasteiger charge is -2.12. The van der Waals surface area contributed by atoms with Crippen molar-refractivity contribution < 1.29 is 14.3 Å². The third-order valence-corrected chi connectivity index (χ3v) is 4.50. The molecule has 0 spiro atoms. The van der Waals surface area contributed by atoms with Crippen molar-refractivity contribution in [3.63, 3.8) is 0 Å². The molecule has 6 heteroatoms. The molecule has 0 aliphatic carbocycles. The molecule has 1 amide bonds. The maximum atomic E-state index is 12.8. The molecule has 6 nitrogen and oxygen atoms in total.